The molecule has 0 radical (unpaired) electrons. The van der Waals surface area contributed by atoms with Crippen LogP contribution in [-0.2, 0) is 0 Å². The molecule has 2 aromatic carbocycles. The molecule has 0 amide bonds. The van der Waals surface area contributed by atoms with Crippen LogP contribution in [0.2, 0.25) is 5.02 Å². The van der Waals surface area contributed by atoms with E-state index < -0.39 is 11.6 Å². The number of fused-ring (bicyclic) bond motifs is 2. The molecule has 1 aliphatic carbocycles. The first-order valence-corrected chi connectivity index (χ1v) is 8.56. The van der Waals surface area contributed by atoms with Crippen molar-refractivity contribution in [2.24, 2.45) is 0 Å². The highest BCUT2D eigenvalue weighted by Gasteiger charge is 2.37. The number of nitrogens with one attached hydrogen (secondary N) is 1. The summed E-state index contributed by atoms with van der Waals surface area (Å²) in [5.74, 6) is -1.83. The number of carbonyl (C=O) groups is 2. The van der Waals surface area contributed by atoms with Crippen LogP contribution < -0.4 is 5.32 Å². The minimum Gasteiger partial charge on any atom is -0.507 e. The quantitative estimate of drug-likeness (QED) is 0.470. The van der Waals surface area contributed by atoms with Gasteiger partial charge in [0.25, 0.3) is 0 Å². The van der Waals surface area contributed by atoms with Crippen LogP contribution in [0.5, 0.6) is 11.5 Å². The Bertz CT molecular complexity index is 909. The van der Waals surface area contributed by atoms with Crippen molar-refractivity contribution in [1.29, 1.82) is 0 Å². The lowest BCUT2D eigenvalue weighted by atomic mass is 9.82. The number of hydrogen-bond acceptors (Lipinski definition) is 6. The van der Waals surface area contributed by atoms with Gasteiger partial charge >= 0.3 is 0 Å². The van der Waals surface area contributed by atoms with E-state index in [4.69, 9.17) is 11.6 Å². The van der Waals surface area contributed by atoms with Crippen LogP contribution in [0, 0.1) is 0 Å². The molecule has 0 atom stereocenters. The van der Waals surface area contributed by atoms with Crippen LogP contribution in [-0.4, -0.2) is 53.9 Å². The molecule has 0 saturated heterocycles. The minimum absolute atomic E-state index is 0.0441. The number of phenolic OH excluding ortho intramolecular Hbond substituents is 2. The van der Waals surface area contributed by atoms with Gasteiger partial charge in [0.1, 0.15) is 11.5 Å². The number of halogens is 1. The monoisotopic (exact) mass is 374 g/mol. The summed E-state index contributed by atoms with van der Waals surface area (Å²) in [5, 5.41) is 23.4. The first kappa shape index (κ1) is 18.2. The molecule has 136 valence electrons. The molecule has 3 rings (SSSR count). The lowest BCUT2D eigenvalue weighted by Crippen LogP contribution is -2.24. The van der Waals surface area contributed by atoms with E-state index in [0.29, 0.717) is 12.2 Å². The van der Waals surface area contributed by atoms with Crippen LogP contribution in [0.15, 0.2) is 24.3 Å². The van der Waals surface area contributed by atoms with Gasteiger partial charge in [-0.15, -0.1) is 0 Å². The summed E-state index contributed by atoms with van der Waals surface area (Å²) >= 11 is 6.18. The van der Waals surface area contributed by atoms with Crippen molar-refractivity contribution in [3.05, 3.63) is 51.5 Å². The zero-order chi connectivity index (χ0) is 19.0. The van der Waals surface area contributed by atoms with Gasteiger partial charge in [0.2, 0.25) is 5.78 Å². The maximum atomic E-state index is 13.0. The predicted molar refractivity (Wildman–Crippen MR) is 99.7 cm³/mol. The molecule has 0 heterocycles. The number of rotatable bonds is 5. The van der Waals surface area contributed by atoms with Crippen molar-refractivity contribution in [3.63, 3.8) is 0 Å². The Morgan fingerprint density at radius 3 is 2.08 bits per heavy atom. The van der Waals surface area contributed by atoms with Gasteiger partial charge in [0, 0.05) is 12.2 Å². The molecule has 0 fully saturated rings. The zero-order valence-electron chi connectivity index (χ0n) is 14.5. The number of ketones is 2. The van der Waals surface area contributed by atoms with Crippen LogP contribution >= 0.6 is 11.6 Å². The van der Waals surface area contributed by atoms with Gasteiger partial charge in [-0.3, -0.25) is 9.59 Å². The molecule has 6 nitrogen and oxygen atoms in total. The number of benzene rings is 2. The maximum Gasteiger partial charge on any atom is 0.200 e. The lowest BCUT2D eigenvalue weighted by Gasteiger charge is -2.23. The fourth-order valence-electron chi connectivity index (χ4n) is 3.09. The third kappa shape index (κ3) is 3.02. The van der Waals surface area contributed by atoms with Gasteiger partial charge in [0.15, 0.2) is 5.78 Å². The molecular weight excluding hydrogens is 356 g/mol. The molecule has 26 heavy (non-hydrogen) atoms. The smallest absolute Gasteiger partial charge is 0.200 e. The van der Waals surface area contributed by atoms with Crippen molar-refractivity contribution in [2.75, 3.05) is 32.5 Å². The zero-order valence-corrected chi connectivity index (χ0v) is 15.2. The van der Waals surface area contributed by atoms with Gasteiger partial charge < -0.3 is 20.4 Å². The second-order valence-electron chi connectivity index (χ2n) is 6.44. The number of carbonyl (C=O) groups excluding carboxylic acids is 2. The molecule has 0 saturated carbocycles. The maximum absolute atomic E-state index is 13.0. The summed E-state index contributed by atoms with van der Waals surface area (Å²) in [6.07, 6.45) is 0.842. The normalized spacial score (nSPS) is 12.9. The lowest BCUT2D eigenvalue weighted by molar-refractivity contribution is 0.0975. The number of phenols is 2. The molecule has 0 aliphatic heterocycles. The van der Waals surface area contributed by atoms with E-state index in [-0.39, 0.29) is 38.8 Å². The summed E-state index contributed by atoms with van der Waals surface area (Å²) in [5.41, 5.74) is 0.244. The van der Waals surface area contributed by atoms with E-state index in [1.54, 1.807) is 12.1 Å². The van der Waals surface area contributed by atoms with Crippen LogP contribution in [0.1, 0.15) is 38.3 Å². The van der Waals surface area contributed by atoms with Crippen molar-refractivity contribution in [3.8, 4) is 11.5 Å². The molecule has 0 unspecified atom stereocenters. The molecule has 0 spiro atoms. The Kier molecular flexibility index (Phi) is 4.89. The van der Waals surface area contributed by atoms with Gasteiger partial charge in [-0.1, -0.05) is 11.6 Å². The molecule has 0 aromatic heterocycles. The van der Waals surface area contributed by atoms with Gasteiger partial charge in [-0.05, 0) is 51.3 Å². The fourth-order valence-corrected chi connectivity index (χ4v) is 3.33. The number of aromatic hydroxyl groups is 2. The van der Waals surface area contributed by atoms with E-state index in [9.17, 15) is 19.8 Å². The number of anilines is 1. The molecule has 1 aliphatic rings. The van der Waals surface area contributed by atoms with Crippen LogP contribution in [0.25, 0.3) is 0 Å². The number of hydrogen-bond donors (Lipinski definition) is 3. The average Bonchev–Trinajstić information content (AvgIpc) is 2.59. The Hall–Kier alpha value is -2.57. The predicted octanol–water partition coefficient (Wildman–Crippen LogP) is 2.89. The standard InChI is InChI=1S/C19H19ClN2O4/c1-22(2)9-3-8-21-11-5-4-10(20)14-15(11)19(26)17-13(24)7-6-12(23)16(17)18(14)25/h4-7,21,23-24H,3,8-9H2,1-2H3. The van der Waals surface area contributed by atoms with E-state index in [2.05, 4.69) is 5.32 Å². The average molecular weight is 375 g/mol. The van der Waals surface area contributed by atoms with E-state index in [1.807, 2.05) is 19.0 Å². The van der Waals surface area contributed by atoms with Crippen molar-refractivity contribution in [2.45, 2.75) is 6.42 Å². The highest BCUT2D eigenvalue weighted by atomic mass is 35.5. The molecule has 7 heteroatoms. The Balaban J connectivity index is 2.06. The minimum atomic E-state index is -0.579. The molecule has 2 aromatic rings. The first-order valence-electron chi connectivity index (χ1n) is 8.18. The topological polar surface area (TPSA) is 89.9 Å². The van der Waals surface area contributed by atoms with E-state index >= 15 is 0 Å². The Morgan fingerprint density at radius 1 is 0.923 bits per heavy atom. The van der Waals surface area contributed by atoms with Crippen molar-refractivity contribution >= 4 is 28.9 Å². The fraction of sp³-hybridized carbons (Fsp3) is 0.263. The van der Waals surface area contributed by atoms with Crippen molar-refractivity contribution in [1.82, 2.24) is 4.90 Å². The molecule has 0 bridgehead atoms. The van der Waals surface area contributed by atoms with Gasteiger partial charge in [-0.2, -0.15) is 0 Å². The third-order valence-corrected chi connectivity index (χ3v) is 4.64. The van der Waals surface area contributed by atoms with E-state index in [1.165, 1.54) is 12.1 Å². The van der Waals surface area contributed by atoms with Crippen LogP contribution in [0.4, 0.5) is 5.69 Å². The second-order valence-corrected chi connectivity index (χ2v) is 6.85. The summed E-state index contributed by atoms with van der Waals surface area (Å²) in [7, 11) is 3.94. The summed E-state index contributed by atoms with van der Waals surface area (Å²) in [6.45, 7) is 1.47. The van der Waals surface area contributed by atoms with Crippen molar-refractivity contribution < 1.29 is 19.8 Å². The molecule has 3 N–H and O–H groups in total. The highest BCUT2D eigenvalue weighted by molar-refractivity contribution is 6.40. The van der Waals surface area contributed by atoms with E-state index in [0.717, 1.165) is 13.0 Å². The van der Waals surface area contributed by atoms with Gasteiger partial charge in [0.05, 0.1) is 27.3 Å². The molecular formula is C19H19ClN2O4. The highest BCUT2D eigenvalue weighted by Crippen LogP contribution is 2.42. The Labute approximate surface area is 156 Å². The summed E-state index contributed by atoms with van der Waals surface area (Å²) in [6, 6.07) is 5.57. The number of nitrogens with zero attached hydrogens (tertiary/aromatic N) is 1. The second kappa shape index (κ2) is 6.97. The largest absolute Gasteiger partial charge is 0.507 e. The van der Waals surface area contributed by atoms with Gasteiger partial charge in [-0.25, -0.2) is 0 Å². The SMILES string of the molecule is CN(C)CCCNc1ccc(Cl)c2c1C(=O)c1c(O)ccc(O)c1C2=O. The van der Waals surface area contributed by atoms with Crippen LogP contribution in [0.3, 0.4) is 0 Å². The first-order chi connectivity index (χ1) is 12.3. The summed E-state index contributed by atoms with van der Waals surface area (Å²) < 4.78 is 0. The Morgan fingerprint density at radius 2 is 1.50 bits per heavy atom. The third-order valence-electron chi connectivity index (χ3n) is 4.32. The summed E-state index contributed by atoms with van der Waals surface area (Å²) in [4.78, 5) is 27.9.